The summed E-state index contributed by atoms with van der Waals surface area (Å²) in [5.74, 6) is -3.07. The van der Waals surface area contributed by atoms with Crippen molar-refractivity contribution in [1.82, 2.24) is 21.3 Å². The lowest BCUT2D eigenvalue weighted by Gasteiger charge is -2.28. The van der Waals surface area contributed by atoms with Gasteiger partial charge in [0.05, 0.1) is 6.10 Å². The number of carbonyl (C=O) groups is 5. The molecule has 4 atom stereocenters. The van der Waals surface area contributed by atoms with Crippen LogP contribution >= 0.6 is 0 Å². The minimum atomic E-state index is -1.37. The van der Waals surface area contributed by atoms with Gasteiger partial charge in [0.15, 0.2) is 0 Å². The normalized spacial score (nSPS) is 16.2. The molecule has 0 bridgehead atoms. The number of hydrogen-bond donors (Lipinski definition) is 6. The van der Waals surface area contributed by atoms with E-state index in [-0.39, 0.29) is 25.3 Å². The second-order valence-electron chi connectivity index (χ2n) is 11.1. The first-order valence-corrected chi connectivity index (χ1v) is 15.1. The maximum absolute atomic E-state index is 13.6. The van der Waals surface area contributed by atoms with Crippen LogP contribution in [-0.2, 0) is 30.4 Å². The molecule has 2 aromatic rings. The van der Waals surface area contributed by atoms with Crippen LogP contribution < -0.4 is 27.0 Å². The smallest absolute Gasteiger partial charge is 0.245 e. The van der Waals surface area contributed by atoms with E-state index in [0.717, 1.165) is 43.2 Å². The fraction of sp³-hybridized carbons (Fsp3) is 0.424. The zero-order valence-corrected chi connectivity index (χ0v) is 25.0. The number of benzene rings is 2. The molecule has 0 radical (unpaired) electrons. The molecule has 0 saturated heterocycles. The van der Waals surface area contributed by atoms with Gasteiger partial charge in [0.1, 0.15) is 18.1 Å². The molecule has 7 N–H and O–H groups in total. The van der Waals surface area contributed by atoms with Crippen molar-refractivity contribution in [2.45, 2.75) is 88.6 Å². The Morgan fingerprint density at radius 1 is 0.841 bits per heavy atom. The largest absolute Gasteiger partial charge is 0.391 e. The molecule has 0 aliphatic heterocycles. The highest BCUT2D eigenvalue weighted by Gasteiger charge is 2.32. The average molecular weight is 606 g/mol. The third-order valence-electron chi connectivity index (χ3n) is 7.47. The fourth-order valence-electron chi connectivity index (χ4n) is 5.04. The molecule has 1 saturated carbocycles. The number of hydrogen-bond acceptors (Lipinski definition) is 6. The zero-order chi connectivity index (χ0) is 31.9. The molecule has 11 nitrogen and oxygen atoms in total. The van der Waals surface area contributed by atoms with E-state index < -0.39 is 53.8 Å². The van der Waals surface area contributed by atoms with E-state index in [9.17, 15) is 29.1 Å². The Labute approximate surface area is 258 Å². The maximum atomic E-state index is 13.6. The molecule has 11 heteroatoms. The first-order chi connectivity index (χ1) is 21.1. The van der Waals surface area contributed by atoms with Gasteiger partial charge in [-0.25, -0.2) is 0 Å². The minimum Gasteiger partial charge on any atom is -0.391 e. The fourth-order valence-corrected chi connectivity index (χ4v) is 5.04. The lowest BCUT2D eigenvalue weighted by atomic mass is 9.95. The Hall–Kier alpha value is -4.51. The number of nitrogens with two attached hydrogens (primary N) is 1. The van der Waals surface area contributed by atoms with Crippen molar-refractivity contribution >= 4 is 35.6 Å². The first-order valence-electron chi connectivity index (χ1n) is 15.1. The summed E-state index contributed by atoms with van der Waals surface area (Å²) in [7, 11) is 0. The van der Waals surface area contributed by atoms with Crippen molar-refractivity contribution in [3.8, 4) is 0 Å². The predicted molar refractivity (Wildman–Crippen MR) is 167 cm³/mol. The number of amides is 5. The van der Waals surface area contributed by atoms with E-state index >= 15 is 0 Å². The topological polar surface area (TPSA) is 180 Å². The maximum Gasteiger partial charge on any atom is 0.245 e. The van der Waals surface area contributed by atoms with Crippen LogP contribution in [0.5, 0.6) is 0 Å². The highest BCUT2D eigenvalue weighted by Crippen LogP contribution is 2.18. The Balaban J connectivity index is 1.75. The summed E-state index contributed by atoms with van der Waals surface area (Å²) in [5, 5.41) is 21.2. The molecule has 0 heterocycles. The van der Waals surface area contributed by atoms with Crippen LogP contribution in [0.1, 0.15) is 63.0 Å². The Morgan fingerprint density at radius 2 is 1.45 bits per heavy atom. The number of primary amides is 1. The van der Waals surface area contributed by atoms with Gasteiger partial charge in [-0.3, -0.25) is 24.0 Å². The molecule has 0 unspecified atom stereocenters. The number of rotatable bonds is 15. The lowest BCUT2D eigenvalue weighted by Crippen LogP contribution is -2.59. The van der Waals surface area contributed by atoms with E-state index in [0.29, 0.717) is 0 Å². The van der Waals surface area contributed by atoms with Crippen LogP contribution in [0.25, 0.3) is 6.08 Å². The van der Waals surface area contributed by atoms with Crippen molar-refractivity contribution < 1.29 is 29.1 Å². The molecule has 3 rings (SSSR count). The summed E-state index contributed by atoms with van der Waals surface area (Å²) < 4.78 is 0. The van der Waals surface area contributed by atoms with Gasteiger partial charge in [-0.15, -0.1) is 0 Å². The van der Waals surface area contributed by atoms with E-state index in [2.05, 4.69) is 21.3 Å². The van der Waals surface area contributed by atoms with Gasteiger partial charge in [0.2, 0.25) is 29.5 Å². The van der Waals surface area contributed by atoms with Crippen LogP contribution in [0.2, 0.25) is 0 Å². The predicted octanol–water partition coefficient (Wildman–Crippen LogP) is 1.49. The molecule has 2 aromatic carbocycles. The van der Waals surface area contributed by atoms with Gasteiger partial charge < -0.3 is 32.1 Å². The lowest BCUT2D eigenvalue weighted by molar-refractivity contribution is -0.134. The van der Waals surface area contributed by atoms with E-state index in [4.69, 9.17) is 5.73 Å². The Morgan fingerprint density at radius 3 is 2.07 bits per heavy atom. The minimum absolute atomic E-state index is 0.00820. The van der Waals surface area contributed by atoms with E-state index in [1.807, 2.05) is 36.4 Å². The highest BCUT2D eigenvalue weighted by atomic mass is 16.3. The van der Waals surface area contributed by atoms with Gasteiger partial charge in [-0.2, -0.15) is 0 Å². The molecule has 5 amide bonds. The summed E-state index contributed by atoms with van der Waals surface area (Å²) in [6, 6.07) is 14.5. The van der Waals surface area contributed by atoms with Crippen molar-refractivity contribution in [2.24, 2.45) is 5.73 Å². The Kier molecular flexibility index (Phi) is 13.6. The third kappa shape index (κ3) is 11.6. The molecule has 0 spiro atoms. The summed E-state index contributed by atoms with van der Waals surface area (Å²) >= 11 is 0. The summed E-state index contributed by atoms with van der Waals surface area (Å²) in [6.07, 6.45) is 6.25. The number of nitrogens with one attached hydrogen (secondary N) is 4. The molecule has 0 aromatic heterocycles. The molecular formula is C33H43N5O6. The standard InChI is InChI=1S/C33H43N5O6/c1-22(39)30(38-29(41)20-17-23-11-5-2-6-12-23)33(44)37-27(21-24-13-7-3-8-14-24)32(43)36-26(18-19-28(34)40)31(42)35-25-15-9-4-10-16-25/h2-3,5-8,11-14,17,20,22,25-27,30,39H,4,9-10,15-16,18-19,21H2,1H3,(H2,34,40)(H,35,42)(H,36,43)(H,37,44)(H,38,41)/b20-17+/t22-,26+,27+,30+/m1/s1. The van der Waals surface area contributed by atoms with Crippen LogP contribution in [0.15, 0.2) is 66.7 Å². The van der Waals surface area contributed by atoms with Crippen LogP contribution in [0.3, 0.4) is 0 Å². The van der Waals surface area contributed by atoms with Gasteiger partial charge in [0, 0.05) is 25.0 Å². The Bertz CT molecular complexity index is 1280. The molecule has 44 heavy (non-hydrogen) atoms. The quantitative estimate of drug-likeness (QED) is 0.167. The molecule has 1 fully saturated rings. The van der Waals surface area contributed by atoms with Crippen LogP contribution in [0, 0.1) is 0 Å². The van der Waals surface area contributed by atoms with Crippen LogP contribution in [-0.4, -0.2) is 64.9 Å². The second kappa shape index (κ2) is 17.6. The second-order valence-corrected chi connectivity index (χ2v) is 11.1. The van der Waals surface area contributed by atoms with Crippen molar-refractivity contribution in [1.29, 1.82) is 0 Å². The number of aliphatic hydroxyl groups excluding tert-OH is 1. The third-order valence-corrected chi connectivity index (χ3v) is 7.47. The van der Waals surface area contributed by atoms with Gasteiger partial charge >= 0.3 is 0 Å². The monoisotopic (exact) mass is 605 g/mol. The van der Waals surface area contributed by atoms with E-state index in [1.54, 1.807) is 30.3 Å². The SMILES string of the molecule is C[C@@H](O)[C@H](NC(=O)/C=C/c1ccccc1)C(=O)N[C@@H](Cc1ccccc1)C(=O)N[C@@H](CCC(N)=O)C(=O)NC1CCCCC1. The molecule has 236 valence electrons. The van der Waals surface area contributed by atoms with Crippen molar-refractivity contribution in [3.05, 3.63) is 77.9 Å². The molecular weight excluding hydrogens is 562 g/mol. The molecule has 1 aliphatic rings. The van der Waals surface area contributed by atoms with Gasteiger partial charge in [0.25, 0.3) is 0 Å². The molecule has 1 aliphatic carbocycles. The van der Waals surface area contributed by atoms with Crippen molar-refractivity contribution in [2.75, 3.05) is 0 Å². The van der Waals surface area contributed by atoms with Crippen molar-refractivity contribution in [3.63, 3.8) is 0 Å². The average Bonchev–Trinajstić information content (AvgIpc) is 3.01. The summed E-state index contributed by atoms with van der Waals surface area (Å²) in [4.78, 5) is 64.3. The van der Waals surface area contributed by atoms with Gasteiger partial charge in [-0.1, -0.05) is 79.9 Å². The van der Waals surface area contributed by atoms with E-state index in [1.165, 1.54) is 13.0 Å². The van der Waals surface area contributed by atoms with Crippen LogP contribution in [0.4, 0.5) is 0 Å². The van der Waals surface area contributed by atoms with Gasteiger partial charge in [-0.05, 0) is 43.4 Å². The zero-order valence-electron chi connectivity index (χ0n) is 25.0. The number of carbonyl (C=O) groups excluding carboxylic acids is 5. The highest BCUT2D eigenvalue weighted by molar-refractivity contribution is 5.97. The summed E-state index contributed by atoms with van der Waals surface area (Å²) in [6.45, 7) is 1.35. The number of aliphatic hydroxyl groups is 1. The summed E-state index contributed by atoms with van der Waals surface area (Å²) in [5.41, 5.74) is 6.85. The first kappa shape index (κ1) is 34.0.